The van der Waals surface area contributed by atoms with Gasteiger partial charge in [0.05, 0.1) is 27.8 Å². The number of piperidine rings is 1. The van der Waals surface area contributed by atoms with E-state index in [4.69, 9.17) is 19.9 Å². The van der Waals surface area contributed by atoms with E-state index in [2.05, 4.69) is 0 Å². The monoisotopic (exact) mass is 336 g/mol. The third kappa shape index (κ3) is 4.12. The van der Waals surface area contributed by atoms with Crippen molar-refractivity contribution in [3.8, 4) is 17.2 Å². The highest BCUT2D eigenvalue weighted by Crippen LogP contribution is 2.38. The van der Waals surface area contributed by atoms with Crippen LogP contribution in [0.15, 0.2) is 12.1 Å². The Morgan fingerprint density at radius 3 is 2.38 bits per heavy atom. The quantitative estimate of drug-likeness (QED) is 0.858. The van der Waals surface area contributed by atoms with Gasteiger partial charge in [-0.1, -0.05) is 0 Å². The molecule has 6 heteroatoms. The summed E-state index contributed by atoms with van der Waals surface area (Å²) in [7, 11) is 4.70. The van der Waals surface area contributed by atoms with Gasteiger partial charge in [-0.05, 0) is 43.4 Å². The number of ether oxygens (including phenoxy) is 3. The van der Waals surface area contributed by atoms with Gasteiger partial charge >= 0.3 is 0 Å². The predicted molar refractivity (Wildman–Crippen MR) is 92.8 cm³/mol. The lowest BCUT2D eigenvalue weighted by Crippen LogP contribution is -2.45. The average molecular weight is 336 g/mol. The topological polar surface area (TPSA) is 74.0 Å². The van der Waals surface area contributed by atoms with E-state index < -0.39 is 0 Å². The summed E-state index contributed by atoms with van der Waals surface area (Å²) >= 11 is 0. The van der Waals surface area contributed by atoms with Gasteiger partial charge in [0, 0.05) is 19.1 Å². The molecule has 0 spiro atoms. The number of likely N-dealkylation sites (tertiary alicyclic amines) is 1. The predicted octanol–water partition coefficient (Wildman–Crippen LogP) is 1.84. The van der Waals surface area contributed by atoms with Crippen LogP contribution in [0.2, 0.25) is 0 Å². The number of rotatable bonds is 6. The van der Waals surface area contributed by atoms with E-state index >= 15 is 0 Å². The fourth-order valence-electron chi connectivity index (χ4n) is 3.19. The molecule has 1 fully saturated rings. The van der Waals surface area contributed by atoms with Gasteiger partial charge in [-0.25, -0.2) is 0 Å². The highest BCUT2D eigenvalue weighted by atomic mass is 16.5. The van der Waals surface area contributed by atoms with E-state index in [9.17, 15) is 4.79 Å². The fourth-order valence-corrected chi connectivity index (χ4v) is 3.19. The number of benzene rings is 1. The SMILES string of the molecule is COc1cc(CC(=O)N2CCCC(C(C)N)C2)cc(OC)c1OC. The number of hydrogen-bond donors (Lipinski definition) is 1. The fraction of sp³-hybridized carbons (Fsp3) is 0.611. The Morgan fingerprint density at radius 1 is 1.25 bits per heavy atom. The van der Waals surface area contributed by atoms with Crippen molar-refractivity contribution >= 4 is 5.91 Å². The molecule has 134 valence electrons. The van der Waals surface area contributed by atoms with E-state index in [0.717, 1.165) is 31.5 Å². The van der Waals surface area contributed by atoms with Crippen LogP contribution in [0.1, 0.15) is 25.3 Å². The average Bonchev–Trinajstić information content (AvgIpc) is 2.60. The first-order valence-corrected chi connectivity index (χ1v) is 8.32. The molecule has 1 saturated heterocycles. The Balaban J connectivity index is 2.13. The molecule has 2 atom stereocenters. The van der Waals surface area contributed by atoms with Crippen molar-refractivity contribution in [1.29, 1.82) is 0 Å². The number of nitrogens with two attached hydrogens (primary N) is 1. The Hall–Kier alpha value is -1.95. The van der Waals surface area contributed by atoms with Crippen molar-refractivity contribution in [3.05, 3.63) is 17.7 Å². The maximum atomic E-state index is 12.7. The Labute approximate surface area is 143 Å². The van der Waals surface area contributed by atoms with Gasteiger partial charge in [0.15, 0.2) is 11.5 Å². The first-order chi connectivity index (χ1) is 11.5. The molecule has 1 heterocycles. The molecule has 1 aromatic rings. The maximum absolute atomic E-state index is 12.7. The van der Waals surface area contributed by atoms with Crippen molar-refractivity contribution in [1.82, 2.24) is 4.90 Å². The first-order valence-electron chi connectivity index (χ1n) is 8.32. The normalized spacial score (nSPS) is 18.9. The van der Waals surface area contributed by atoms with Crippen LogP contribution in [0.4, 0.5) is 0 Å². The van der Waals surface area contributed by atoms with Crippen molar-refractivity contribution in [2.45, 2.75) is 32.2 Å². The minimum Gasteiger partial charge on any atom is -0.493 e. The lowest BCUT2D eigenvalue weighted by Gasteiger charge is -2.34. The van der Waals surface area contributed by atoms with E-state index in [1.165, 1.54) is 0 Å². The summed E-state index contributed by atoms with van der Waals surface area (Å²) in [6, 6.07) is 3.76. The molecule has 0 aromatic heterocycles. The summed E-state index contributed by atoms with van der Waals surface area (Å²) in [5, 5.41) is 0. The van der Waals surface area contributed by atoms with Gasteiger partial charge < -0.3 is 24.8 Å². The van der Waals surface area contributed by atoms with Crippen molar-refractivity contribution < 1.29 is 19.0 Å². The van der Waals surface area contributed by atoms with Crippen LogP contribution < -0.4 is 19.9 Å². The van der Waals surface area contributed by atoms with E-state index in [1.54, 1.807) is 21.3 Å². The molecule has 0 radical (unpaired) electrons. The minimum absolute atomic E-state index is 0.106. The highest BCUT2D eigenvalue weighted by molar-refractivity contribution is 5.79. The number of amides is 1. The largest absolute Gasteiger partial charge is 0.493 e. The van der Waals surface area contributed by atoms with E-state index in [0.29, 0.717) is 29.6 Å². The summed E-state index contributed by atoms with van der Waals surface area (Å²) in [6.45, 7) is 3.55. The molecule has 0 saturated carbocycles. The van der Waals surface area contributed by atoms with Crippen LogP contribution in [0.25, 0.3) is 0 Å². The molecule has 1 aromatic carbocycles. The summed E-state index contributed by atoms with van der Waals surface area (Å²) in [5.41, 5.74) is 6.85. The van der Waals surface area contributed by atoms with Crippen LogP contribution in [0.5, 0.6) is 17.2 Å². The Morgan fingerprint density at radius 2 is 1.88 bits per heavy atom. The second-order valence-corrected chi connectivity index (χ2v) is 6.31. The van der Waals surface area contributed by atoms with Crippen LogP contribution in [-0.2, 0) is 11.2 Å². The van der Waals surface area contributed by atoms with Gasteiger partial charge in [0.25, 0.3) is 0 Å². The smallest absolute Gasteiger partial charge is 0.227 e. The first kappa shape index (κ1) is 18.4. The lowest BCUT2D eigenvalue weighted by molar-refractivity contribution is -0.132. The third-order valence-corrected chi connectivity index (χ3v) is 4.63. The molecular weight excluding hydrogens is 308 g/mol. The third-order valence-electron chi connectivity index (χ3n) is 4.63. The lowest BCUT2D eigenvalue weighted by atomic mass is 9.92. The molecule has 6 nitrogen and oxygen atoms in total. The van der Waals surface area contributed by atoms with Crippen molar-refractivity contribution in [2.75, 3.05) is 34.4 Å². The standard InChI is InChI=1S/C18H28N2O4/c1-12(19)14-6-5-7-20(11-14)17(21)10-13-8-15(22-2)18(24-4)16(9-13)23-3/h8-9,12,14H,5-7,10-11,19H2,1-4H3. The zero-order valence-corrected chi connectivity index (χ0v) is 15.0. The van der Waals surface area contributed by atoms with Gasteiger partial charge in [-0.15, -0.1) is 0 Å². The van der Waals surface area contributed by atoms with E-state index in [-0.39, 0.29) is 11.9 Å². The van der Waals surface area contributed by atoms with Crippen molar-refractivity contribution in [3.63, 3.8) is 0 Å². The zero-order chi connectivity index (χ0) is 17.7. The molecule has 1 amide bonds. The van der Waals surface area contributed by atoms with Gasteiger partial charge in [-0.2, -0.15) is 0 Å². The second kappa shape index (κ2) is 8.24. The number of carbonyl (C=O) groups excluding carboxylic acids is 1. The van der Waals surface area contributed by atoms with Crippen LogP contribution >= 0.6 is 0 Å². The number of nitrogens with zero attached hydrogens (tertiary/aromatic N) is 1. The molecule has 1 aliphatic rings. The Kier molecular flexibility index (Phi) is 6.31. The summed E-state index contributed by atoms with van der Waals surface area (Å²) in [6.07, 6.45) is 2.40. The Bertz CT molecular complexity index is 549. The molecule has 2 rings (SSSR count). The number of hydrogen-bond acceptors (Lipinski definition) is 5. The van der Waals surface area contributed by atoms with Crippen LogP contribution in [-0.4, -0.2) is 51.3 Å². The summed E-state index contributed by atoms with van der Waals surface area (Å²) in [5.74, 6) is 2.14. The maximum Gasteiger partial charge on any atom is 0.227 e. The zero-order valence-electron chi connectivity index (χ0n) is 15.0. The summed E-state index contributed by atoms with van der Waals surface area (Å²) in [4.78, 5) is 14.6. The molecular formula is C18H28N2O4. The minimum atomic E-state index is 0.106. The van der Waals surface area contributed by atoms with Crippen molar-refractivity contribution in [2.24, 2.45) is 11.7 Å². The van der Waals surface area contributed by atoms with E-state index in [1.807, 2.05) is 24.0 Å². The van der Waals surface area contributed by atoms with Gasteiger partial charge in [0.2, 0.25) is 11.7 Å². The highest BCUT2D eigenvalue weighted by Gasteiger charge is 2.26. The summed E-state index contributed by atoms with van der Waals surface area (Å²) < 4.78 is 16.0. The molecule has 2 N–H and O–H groups in total. The number of carbonyl (C=O) groups is 1. The number of methoxy groups -OCH3 is 3. The molecule has 24 heavy (non-hydrogen) atoms. The molecule has 1 aliphatic heterocycles. The molecule has 0 aliphatic carbocycles. The molecule has 0 bridgehead atoms. The second-order valence-electron chi connectivity index (χ2n) is 6.31. The molecule has 2 unspecified atom stereocenters. The van der Waals surface area contributed by atoms with Gasteiger partial charge in [-0.3, -0.25) is 4.79 Å². The van der Waals surface area contributed by atoms with Crippen LogP contribution in [0, 0.1) is 5.92 Å². The van der Waals surface area contributed by atoms with Crippen LogP contribution in [0.3, 0.4) is 0 Å². The van der Waals surface area contributed by atoms with Gasteiger partial charge in [0.1, 0.15) is 0 Å².